The van der Waals surface area contributed by atoms with Gasteiger partial charge in [-0.2, -0.15) is 0 Å². The van der Waals surface area contributed by atoms with Crippen molar-refractivity contribution >= 4 is 28.9 Å². The topological polar surface area (TPSA) is 64.6 Å². The van der Waals surface area contributed by atoms with Crippen LogP contribution in [0.1, 0.15) is 33.3 Å². The highest BCUT2D eigenvalue weighted by Crippen LogP contribution is 2.42. The molecule has 1 amide bonds. The third kappa shape index (κ3) is 3.89. The first-order valence-corrected chi connectivity index (χ1v) is 10.2. The molecule has 3 aromatic rings. The van der Waals surface area contributed by atoms with Gasteiger partial charge in [-0.1, -0.05) is 29.8 Å². The van der Waals surface area contributed by atoms with E-state index in [1.54, 1.807) is 13.0 Å². The number of carbonyl (C=O) groups excluding carboxylic acids is 2. The Balaban J connectivity index is 1.46. The number of amides is 1. The molecule has 1 aromatic heterocycles. The number of rotatable bonds is 4. The van der Waals surface area contributed by atoms with Crippen molar-refractivity contribution in [2.75, 3.05) is 5.32 Å². The molecule has 0 bridgehead atoms. The van der Waals surface area contributed by atoms with Crippen molar-refractivity contribution in [2.45, 2.75) is 33.5 Å². The Hall–Kier alpha value is -3.12. The molecule has 0 saturated heterocycles. The molecule has 1 aliphatic heterocycles. The van der Waals surface area contributed by atoms with Crippen LogP contribution in [0.4, 0.5) is 5.69 Å². The second-order valence-electron chi connectivity index (χ2n) is 7.11. The van der Waals surface area contributed by atoms with E-state index in [1.807, 2.05) is 56.3 Å². The van der Waals surface area contributed by atoms with Gasteiger partial charge in [0, 0.05) is 21.7 Å². The minimum atomic E-state index is -0.911. The summed E-state index contributed by atoms with van der Waals surface area (Å²) in [7, 11) is 0. The zero-order chi connectivity index (χ0) is 20.5. The van der Waals surface area contributed by atoms with Crippen LogP contribution in [-0.2, 0) is 16.1 Å². The van der Waals surface area contributed by atoms with E-state index in [1.165, 1.54) is 11.3 Å². The molecule has 2 heterocycles. The summed E-state index contributed by atoms with van der Waals surface area (Å²) in [6.45, 7) is 5.91. The van der Waals surface area contributed by atoms with Gasteiger partial charge in [0.2, 0.25) is 0 Å². The lowest BCUT2D eigenvalue weighted by atomic mass is 10.1. The van der Waals surface area contributed by atoms with E-state index >= 15 is 0 Å². The van der Waals surface area contributed by atoms with Crippen molar-refractivity contribution in [3.8, 4) is 16.2 Å². The zero-order valence-corrected chi connectivity index (χ0v) is 17.3. The van der Waals surface area contributed by atoms with Gasteiger partial charge in [-0.05, 0) is 50.6 Å². The molecule has 0 saturated carbocycles. The van der Waals surface area contributed by atoms with E-state index in [9.17, 15) is 9.59 Å². The van der Waals surface area contributed by atoms with Crippen LogP contribution in [0.5, 0.6) is 5.75 Å². The number of benzene rings is 2. The smallest absolute Gasteiger partial charge is 0.349 e. The number of para-hydroxylation sites is 1. The minimum Gasteiger partial charge on any atom is -0.488 e. The van der Waals surface area contributed by atoms with E-state index in [0.717, 1.165) is 32.9 Å². The Labute approximate surface area is 173 Å². The second-order valence-corrected chi connectivity index (χ2v) is 8.16. The third-order valence-corrected chi connectivity index (χ3v) is 6.01. The number of aryl methyl sites for hydroxylation is 2. The van der Waals surface area contributed by atoms with E-state index in [4.69, 9.17) is 9.47 Å². The van der Waals surface area contributed by atoms with Gasteiger partial charge in [-0.15, -0.1) is 11.3 Å². The van der Waals surface area contributed by atoms with Gasteiger partial charge in [0.15, 0.2) is 6.10 Å². The molecule has 4 rings (SSSR count). The number of nitrogens with one attached hydrogen (secondary N) is 1. The fraction of sp³-hybridized carbons (Fsp3) is 0.217. The van der Waals surface area contributed by atoms with Crippen LogP contribution in [0, 0.1) is 13.8 Å². The molecule has 2 aromatic carbocycles. The Morgan fingerprint density at radius 3 is 2.72 bits per heavy atom. The maximum absolute atomic E-state index is 12.6. The molecule has 0 spiro atoms. The quantitative estimate of drug-likeness (QED) is 0.611. The van der Waals surface area contributed by atoms with E-state index in [-0.39, 0.29) is 5.91 Å². The average Bonchev–Trinajstić information content (AvgIpc) is 3.15. The highest BCUT2D eigenvalue weighted by Gasteiger charge is 2.25. The molecule has 1 atom stereocenters. The molecule has 148 valence electrons. The summed E-state index contributed by atoms with van der Waals surface area (Å²) in [6, 6.07) is 15.3. The zero-order valence-electron chi connectivity index (χ0n) is 16.4. The van der Waals surface area contributed by atoms with Crippen molar-refractivity contribution in [1.82, 2.24) is 0 Å². The summed E-state index contributed by atoms with van der Waals surface area (Å²) in [6.07, 6.45) is -0.911. The molecule has 0 radical (unpaired) electrons. The molecule has 0 fully saturated rings. The molecule has 1 N–H and O–H groups in total. The van der Waals surface area contributed by atoms with Crippen molar-refractivity contribution in [2.24, 2.45) is 0 Å². The van der Waals surface area contributed by atoms with Gasteiger partial charge in [0.05, 0.1) is 0 Å². The van der Waals surface area contributed by atoms with Crippen molar-refractivity contribution in [1.29, 1.82) is 0 Å². The van der Waals surface area contributed by atoms with Crippen LogP contribution in [-0.4, -0.2) is 18.0 Å². The maximum atomic E-state index is 12.6. The van der Waals surface area contributed by atoms with Crippen LogP contribution in [0.2, 0.25) is 0 Å². The number of esters is 1. The largest absolute Gasteiger partial charge is 0.488 e. The first-order chi connectivity index (χ1) is 13.9. The molecule has 29 heavy (non-hydrogen) atoms. The summed E-state index contributed by atoms with van der Waals surface area (Å²) in [5.74, 6) is -0.0616. The summed E-state index contributed by atoms with van der Waals surface area (Å²) >= 11 is 1.36. The first kappa shape index (κ1) is 19.2. The van der Waals surface area contributed by atoms with Gasteiger partial charge in [0.1, 0.15) is 17.2 Å². The molecular weight excluding hydrogens is 386 g/mol. The van der Waals surface area contributed by atoms with Crippen LogP contribution in [0.3, 0.4) is 0 Å². The highest BCUT2D eigenvalue weighted by atomic mass is 32.1. The fourth-order valence-electron chi connectivity index (χ4n) is 3.26. The number of hydrogen-bond donors (Lipinski definition) is 1. The van der Waals surface area contributed by atoms with Gasteiger partial charge in [0.25, 0.3) is 5.91 Å². The summed E-state index contributed by atoms with van der Waals surface area (Å²) in [5, 5.41) is 2.82. The molecule has 6 heteroatoms. The number of anilines is 1. The standard InChI is InChI=1S/C23H21NO4S/c1-13-8-9-18(14(2)10-13)24-22(25)15(3)28-23(26)20-11-16-12-27-19-7-5-4-6-17(19)21(16)29-20/h4-11,15H,12H2,1-3H3,(H,24,25)/t15-/m1/s1. The monoisotopic (exact) mass is 407 g/mol. The number of carbonyl (C=O) groups is 2. The predicted octanol–water partition coefficient (Wildman–Crippen LogP) is 5.11. The van der Waals surface area contributed by atoms with Crippen molar-refractivity contribution in [3.05, 3.63) is 70.1 Å². The van der Waals surface area contributed by atoms with Gasteiger partial charge in [-0.3, -0.25) is 4.79 Å². The average molecular weight is 407 g/mol. The lowest BCUT2D eigenvalue weighted by Gasteiger charge is -2.16. The van der Waals surface area contributed by atoms with Gasteiger partial charge in [-0.25, -0.2) is 4.79 Å². The van der Waals surface area contributed by atoms with E-state index < -0.39 is 12.1 Å². The van der Waals surface area contributed by atoms with E-state index in [0.29, 0.717) is 17.2 Å². The predicted molar refractivity (Wildman–Crippen MR) is 114 cm³/mol. The number of fused-ring (bicyclic) bond motifs is 3. The molecule has 1 aliphatic rings. The Bertz CT molecular complexity index is 1100. The fourth-order valence-corrected chi connectivity index (χ4v) is 4.34. The van der Waals surface area contributed by atoms with E-state index in [2.05, 4.69) is 5.32 Å². The SMILES string of the molecule is Cc1ccc(NC(=O)[C@@H](C)OC(=O)c2cc3c(s2)-c2ccccc2OC3)c(C)c1. The van der Waals surface area contributed by atoms with Crippen LogP contribution >= 0.6 is 11.3 Å². The molecule has 5 nitrogen and oxygen atoms in total. The summed E-state index contributed by atoms with van der Waals surface area (Å²) in [4.78, 5) is 26.6. The normalized spacial score (nSPS) is 12.9. The molecular formula is C23H21NO4S. The summed E-state index contributed by atoms with van der Waals surface area (Å²) < 4.78 is 11.2. The van der Waals surface area contributed by atoms with Gasteiger partial charge < -0.3 is 14.8 Å². The van der Waals surface area contributed by atoms with Crippen molar-refractivity contribution < 1.29 is 19.1 Å². The summed E-state index contributed by atoms with van der Waals surface area (Å²) in [5.41, 5.74) is 4.71. The number of hydrogen-bond acceptors (Lipinski definition) is 5. The lowest BCUT2D eigenvalue weighted by molar-refractivity contribution is -0.123. The number of ether oxygens (including phenoxy) is 2. The second kappa shape index (κ2) is 7.72. The van der Waals surface area contributed by atoms with Crippen LogP contribution < -0.4 is 10.1 Å². The van der Waals surface area contributed by atoms with Gasteiger partial charge >= 0.3 is 5.97 Å². The van der Waals surface area contributed by atoms with Crippen LogP contribution in [0.15, 0.2) is 48.5 Å². The Morgan fingerprint density at radius 1 is 1.14 bits per heavy atom. The molecule has 0 unspecified atom stereocenters. The maximum Gasteiger partial charge on any atom is 0.349 e. The first-order valence-electron chi connectivity index (χ1n) is 9.36. The lowest BCUT2D eigenvalue weighted by Crippen LogP contribution is -2.30. The van der Waals surface area contributed by atoms with Crippen LogP contribution in [0.25, 0.3) is 10.4 Å². The number of thiophene rings is 1. The van der Waals surface area contributed by atoms with Crippen molar-refractivity contribution in [3.63, 3.8) is 0 Å². The third-order valence-electron chi connectivity index (χ3n) is 4.82. The minimum absolute atomic E-state index is 0.361. The Morgan fingerprint density at radius 2 is 1.93 bits per heavy atom. The molecule has 0 aliphatic carbocycles. The Kier molecular flexibility index (Phi) is 5.11. The highest BCUT2D eigenvalue weighted by molar-refractivity contribution is 7.17.